The Bertz CT molecular complexity index is 656. The van der Waals surface area contributed by atoms with Gasteiger partial charge in [0.15, 0.2) is 0 Å². The zero-order valence-corrected chi connectivity index (χ0v) is 13.4. The van der Waals surface area contributed by atoms with Crippen molar-refractivity contribution in [2.75, 3.05) is 13.7 Å². The first-order chi connectivity index (χ1) is 10.5. The molecule has 0 aliphatic carbocycles. The van der Waals surface area contributed by atoms with E-state index in [0.29, 0.717) is 26.9 Å². The maximum atomic E-state index is 12.2. The number of aliphatic hydroxyl groups excluding tert-OH is 1. The highest BCUT2D eigenvalue weighted by molar-refractivity contribution is 6.36. The minimum atomic E-state index is -1.00. The molecule has 0 aliphatic heterocycles. The molecule has 0 saturated heterocycles. The fourth-order valence-electron chi connectivity index (χ4n) is 2.05. The van der Waals surface area contributed by atoms with E-state index >= 15 is 0 Å². The van der Waals surface area contributed by atoms with E-state index < -0.39 is 6.10 Å². The second-order valence-electron chi connectivity index (χ2n) is 4.56. The van der Waals surface area contributed by atoms with Gasteiger partial charge in [-0.3, -0.25) is 4.79 Å². The summed E-state index contributed by atoms with van der Waals surface area (Å²) >= 11 is 12.1. The Balaban J connectivity index is 2.08. The lowest BCUT2D eigenvalue weighted by Crippen LogP contribution is -2.28. The highest BCUT2D eigenvalue weighted by Crippen LogP contribution is 2.30. The first-order valence-electron chi connectivity index (χ1n) is 6.57. The topological polar surface area (TPSA) is 58.6 Å². The second kappa shape index (κ2) is 7.49. The van der Waals surface area contributed by atoms with Crippen LogP contribution in [0.15, 0.2) is 42.5 Å². The molecule has 0 radical (unpaired) electrons. The Hall–Kier alpha value is -1.75. The Labute approximate surface area is 138 Å². The van der Waals surface area contributed by atoms with E-state index in [0.717, 1.165) is 0 Å². The summed E-state index contributed by atoms with van der Waals surface area (Å²) in [6.07, 6.45) is -1.00. The van der Waals surface area contributed by atoms with Gasteiger partial charge in [-0.25, -0.2) is 0 Å². The molecule has 116 valence electrons. The average Bonchev–Trinajstić information content (AvgIpc) is 2.52. The lowest BCUT2D eigenvalue weighted by molar-refractivity contribution is 0.0913. The SMILES string of the molecule is COc1ccccc1C(=O)NCC(O)c1c(Cl)cccc1Cl. The van der Waals surface area contributed by atoms with Crippen molar-refractivity contribution in [2.24, 2.45) is 0 Å². The average molecular weight is 340 g/mol. The van der Waals surface area contributed by atoms with Crippen molar-refractivity contribution in [3.05, 3.63) is 63.6 Å². The molecular formula is C16H15Cl2NO3. The van der Waals surface area contributed by atoms with Gasteiger partial charge < -0.3 is 15.2 Å². The number of rotatable bonds is 5. The number of carbonyl (C=O) groups is 1. The molecule has 0 fully saturated rings. The molecule has 4 nitrogen and oxygen atoms in total. The van der Waals surface area contributed by atoms with Crippen LogP contribution in [0.25, 0.3) is 0 Å². The van der Waals surface area contributed by atoms with Gasteiger partial charge >= 0.3 is 0 Å². The summed E-state index contributed by atoms with van der Waals surface area (Å²) in [5.41, 5.74) is 0.786. The van der Waals surface area contributed by atoms with Gasteiger partial charge in [0.05, 0.1) is 18.8 Å². The molecule has 0 heterocycles. The Morgan fingerprint density at radius 1 is 1.18 bits per heavy atom. The molecule has 2 rings (SSSR count). The molecular weight excluding hydrogens is 325 g/mol. The minimum Gasteiger partial charge on any atom is -0.496 e. The molecule has 1 atom stereocenters. The number of ether oxygens (including phenoxy) is 1. The lowest BCUT2D eigenvalue weighted by atomic mass is 10.1. The standard InChI is InChI=1S/C16H15Cl2NO3/c1-22-14-8-3-2-5-10(14)16(21)19-9-13(20)15-11(17)6-4-7-12(15)18/h2-8,13,20H,9H2,1H3,(H,19,21). The largest absolute Gasteiger partial charge is 0.496 e. The van der Waals surface area contributed by atoms with Crippen molar-refractivity contribution in [2.45, 2.75) is 6.10 Å². The summed E-state index contributed by atoms with van der Waals surface area (Å²) in [6, 6.07) is 11.8. The van der Waals surface area contributed by atoms with Gasteiger partial charge in [-0.15, -0.1) is 0 Å². The van der Waals surface area contributed by atoms with Gasteiger partial charge in [0.1, 0.15) is 5.75 Å². The molecule has 2 aromatic rings. The molecule has 0 aromatic heterocycles. The maximum absolute atomic E-state index is 12.2. The van der Waals surface area contributed by atoms with Crippen LogP contribution in [0.2, 0.25) is 10.0 Å². The fourth-order valence-corrected chi connectivity index (χ4v) is 2.70. The van der Waals surface area contributed by atoms with Crippen molar-refractivity contribution >= 4 is 29.1 Å². The molecule has 1 amide bonds. The normalized spacial score (nSPS) is 11.8. The fraction of sp³-hybridized carbons (Fsp3) is 0.188. The number of benzene rings is 2. The van der Waals surface area contributed by atoms with Crippen LogP contribution in [-0.4, -0.2) is 24.7 Å². The number of methoxy groups -OCH3 is 1. The Kier molecular flexibility index (Phi) is 5.66. The molecule has 22 heavy (non-hydrogen) atoms. The molecule has 0 bridgehead atoms. The van der Waals surface area contributed by atoms with Crippen LogP contribution in [0.4, 0.5) is 0 Å². The summed E-state index contributed by atoms with van der Waals surface area (Å²) in [6.45, 7) is -0.0136. The van der Waals surface area contributed by atoms with Crippen LogP contribution in [0, 0.1) is 0 Å². The monoisotopic (exact) mass is 339 g/mol. The number of hydrogen-bond donors (Lipinski definition) is 2. The highest BCUT2D eigenvalue weighted by atomic mass is 35.5. The number of halogens is 2. The second-order valence-corrected chi connectivity index (χ2v) is 5.38. The van der Waals surface area contributed by atoms with Gasteiger partial charge in [0, 0.05) is 22.2 Å². The number of aliphatic hydroxyl groups is 1. The third kappa shape index (κ3) is 3.71. The first kappa shape index (κ1) is 16.6. The van der Waals surface area contributed by atoms with E-state index in [9.17, 15) is 9.90 Å². The van der Waals surface area contributed by atoms with Crippen molar-refractivity contribution < 1.29 is 14.6 Å². The van der Waals surface area contributed by atoms with Crippen molar-refractivity contribution in [3.63, 3.8) is 0 Å². The molecule has 2 aromatic carbocycles. The summed E-state index contributed by atoms with van der Waals surface area (Å²) in [5, 5.41) is 13.5. The summed E-state index contributed by atoms with van der Waals surface area (Å²) in [5.74, 6) is 0.116. The Morgan fingerprint density at radius 3 is 2.45 bits per heavy atom. The molecule has 6 heteroatoms. The molecule has 0 spiro atoms. The highest BCUT2D eigenvalue weighted by Gasteiger charge is 2.18. The molecule has 0 aliphatic rings. The predicted octanol–water partition coefficient (Wildman–Crippen LogP) is 3.47. The van der Waals surface area contributed by atoms with E-state index in [-0.39, 0.29) is 12.5 Å². The summed E-state index contributed by atoms with van der Waals surface area (Å²) < 4.78 is 5.13. The zero-order valence-electron chi connectivity index (χ0n) is 11.8. The van der Waals surface area contributed by atoms with Crippen LogP contribution >= 0.6 is 23.2 Å². The predicted molar refractivity (Wildman–Crippen MR) is 86.7 cm³/mol. The van der Waals surface area contributed by atoms with Gasteiger partial charge in [0.2, 0.25) is 0 Å². The smallest absolute Gasteiger partial charge is 0.255 e. The van der Waals surface area contributed by atoms with Crippen molar-refractivity contribution in [1.82, 2.24) is 5.32 Å². The lowest BCUT2D eigenvalue weighted by Gasteiger charge is -2.16. The van der Waals surface area contributed by atoms with Crippen LogP contribution in [0.3, 0.4) is 0 Å². The number of carbonyl (C=O) groups excluding carboxylic acids is 1. The van der Waals surface area contributed by atoms with E-state index in [1.54, 1.807) is 42.5 Å². The van der Waals surface area contributed by atoms with Crippen molar-refractivity contribution in [1.29, 1.82) is 0 Å². The van der Waals surface area contributed by atoms with Gasteiger partial charge in [-0.05, 0) is 24.3 Å². The van der Waals surface area contributed by atoms with Gasteiger partial charge in [0.25, 0.3) is 5.91 Å². The Morgan fingerprint density at radius 2 is 1.82 bits per heavy atom. The number of para-hydroxylation sites is 1. The third-order valence-electron chi connectivity index (χ3n) is 3.14. The van der Waals surface area contributed by atoms with Crippen LogP contribution < -0.4 is 10.1 Å². The van der Waals surface area contributed by atoms with E-state index in [1.165, 1.54) is 7.11 Å². The van der Waals surface area contributed by atoms with Crippen molar-refractivity contribution in [3.8, 4) is 5.75 Å². The molecule has 2 N–H and O–H groups in total. The van der Waals surface area contributed by atoms with E-state index in [4.69, 9.17) is 27.9 Å². The maximum Gasteiger partial charge on any atom is 0.255 e. The third-order valence-corrected chi connectivity index (χ3v) is 3.80. The van der Waals surface area contributed by atoms with E-state index in [2.05, 4.69) is 5.32 Å². The van der Waals surface area contributed by atoms with Crippen LogP contribution in [0.5, 0.6) is 5.75 Å². The minimum absolute atomic E-state index is 0.0136. The van der Waals surface area contributed by atoms with E-state index in [1.807, 2.05) is 0 Å². The van der Waals surface area contributed by atoms with Gasteiger partial charge in [-0.2, -0.15) is 0 Å². The quantitative estimate of drug-likeness (QED) is 0.876. The van der Waals surface area contributed by atoms with Crippen LogP contribution in [0.1, 0.15) is 22.0 Å². The molecule has 1 unspecified atom stereocenters. The number of amides is 1. The first-order valence-corrected chi connectivity index (χ1v) is 7.33. The zero-order chi connectivity index (χ0) is 16.1. The number of hydrogen-bond acceptors (Lipinski definition) is 3. The number of nitrogens with one attached hydrogen (secondary N) is 1. The van der Waals surface area contributed by atoms with Crippen LogP contribution in [-0.2, 0) is 0 Å². The summed E-state index contributed by atoms with van der Waals surface area (Å²) in [4.78, 5) is 12.2. The summed E-state index contributed by atoms with van der Waals surface area (Å²) in [7, 11) is 1.49. The molecule has 0 saturated carbocycles. The van der Waals surface area contributed by atoms with Gasteiger partial charge in [-0.1, -0.05) is 41.4 Å².